The van der Waals surface area contributed by atoms with Gasteiger partial charge in [-0.05, 0) is 30.3 Å². The van der Waals surface area contributed by atoms with E-state index in [2.05, 4.69) is 0 Å². The number of aromatic nitrogens is 1. The minimum Gasteiger partial charge on any atom is -0.328 e. The predicted molar refractivity (Wildman–Crippen MR) is 90.0 cm³/mol. The number of rotatable bonds is 2. The first-order valence-electron chi connectivity index (χ1n) is 6.98. The molecule has 0 saturated carbocycles. The van der Waals surface area contributed by atoms with Crippen LogP contribution in [0, 0.1) is 0 Å². The molecule has 0 spiro atoms. The average Bonchev–Trinajstić information content (AvgIpc) is 3.03. The van der Waals surface area contributed by atoms with E-state index in [9.17, 15) is 9.60 Å². The molecule has 1 atom stereocenters. The van der Waals surface area contributed by atoms with Crippen molar-refractivity contribution in [2.75, 3.05) is 9.96 Å². The van der Waals surface area contributed by atoms with E-state index < -0.39 is 6.42 Å². The van der Waals surface area contributed by atoms with Gasteiger partial charge < -0.3 is 9.47 Å². The van der Waals surface area contributed by atoms with Gasteiger partial charge in [-0.2, -0.15) is 4.39 Å². The molecule has 7 heteroatoms. The van der Waals surface area contributed by atoms with Gasteiger partial charge in [-0.3, -0.25) is 5.21 Å². The van der Waals surface area contributed by atoms with Crippen LogP contribution in [0.25, 0.3) is 10.9 Å². The summed E-state index contributed by atoms with van der Waals surface area (Å²) >= 11 is 12.3. The molecule has 1 N–H and O–H groups in total. The first-order chi connectivity index (χ1) is 11.1. The Balaban J connectivity index is 1.77. The van der Waals surface area contributed by atoms with Gasteiger partial charge in [0.15, 0.2) is 0 Å². The van der Waals surface area contributed by atoms with Crippen LogP contribution in [0.3, 0.4) is 0 Å². The number of anilines is 2. The Hall–Kier alpha value is -1.95. The molecule has 23 heavy (non-hydrogen) atoms. The second-order valence-corrected chi connectivity index (χ2v) is 6.21. The van der Waals surface area contributed by atoms with E-state index in [-0.39, 0.29) is 6.67 Å². The molecule has 0 fully saturated rings. The first kappa shape index (κ1) is 14.6. The summed E-state index contributed by atoms with van der Waals surface area (Å²) in [5.74, 6) is 0. The number of alkyl halides is 1. The topological polar surface area (TPSA) is 31.6 Å². The molecule has 0 radical (unpaired) electrons. The number of nitrogens with zero attached hydrogens (tertiary/aromatic N) is 3. The number of halogens is 3. The van der Waals surface area contributed by atoms with E-state index in [1.54, 1.807) is 30.3 Å². The largest absolute Gasteiger partial charge is 0.328 e. The average molecular weight is 352 g/mol. The minimum atomic E-state index is -1.66. The second-order valence-electron chi connectivity index (χ2n) is 5.37. The molecule has 3 aromatic rings. The molecule has 1 unspecified atom stereocenters. The monoisotopic (exact) mass is 351 g/mol. The number of fused-ring (bicyclic) bond motifs is 2. The predicted octanol–water partition coefficient (Wildman–Crippen LogP) is 4.87. The molecule has 0 aliphatic carbocycles. The summed E-state index contributed by atoms with van der Waals surface area (Å²) in [4.78, 5) is 1.46. The maximum Gasteiger partial charge on any atom is 0.273 e. The van der Waals surface area contributed by atoms with Crippen molar-refractivity contribution in [2.24, 2.45) is 0 Å². The van der Waals surface area contributed by atoms with E-state index >= 15 is 0 Å². The van der Waals surface area contributed by atoms with Crippen molar-refractivity contribution in [3.05, 3.63) is 58.7 Å². The standard InChI is InChI=1S/C16H12Cl2FN3O/c17-11-7-10-5-6-20(15(10)12(18)8-11)9-21-13-3-1-2-4-14(13)22(23)16(21)19/h1-8,16,23H,9H2. The van der Waals surface area contributed by atoms with Crippen LogP contribution in [-0.2, 0) is 6.67 Å². The Labute approximate surface area is 141 Å². The van der Waals surface area contributed by atoms with Crippen molar-refractivity contribution >= 4 is 45.5 Å². The summed E-state index contributed by atoms with van der Waals surface area (Å²) in [5, 5.41) is 12.5. The van der Waals surface area contributed by atoms with Crippen LogP contribution in [0.15, 0.2) is 48.7 Å². The van der Waals surface area contributed by atoms with Crippen LogP contribution in [-0.4, -0.2) is 16.2 Å². The number of hydrogen-bond acceptors (Lipinski definition) is 3. The van der Waals surface area contributed by atoms with E-state index in [0.29, 0.717) is 26.5 Å². The fourth-order valence-electron chi connectivity index (χ4n) is 2.95. The molecule has 0 saturated heterocycles. The van der Waals surface area contributed by atoms with Crippen molar-refractivity contribution in [3.8, 4) is 0 Å². The van der Waals surface area contributed by atoms with Crippen molar-refractivity contribution in [1.82, 2.24) is 4.57 Å². The molecular weight excluding hydrogens is 340 g/mol. The van der Waals surface area contributed by atoms with Crippen LogP contribution >= 0.6 is 23.2 Å². The lowest BCUT2D eigenvalue weighted by Crippen LogP contribution is -2.38. The summed E-state index contributed by atoms with van der Waals surface area (Å²) < 4.78 is 16.3. The molecule has 1 aliphatic rings. The van der Waals surface area contributed by atoms with Crippen molar-refractivity contribution in [3.63, 3.8) is 0 Å². The molecule has 0 amide bonds. The highest BCUT2D eigenvalue weighted by molar-refractivity contribution is 6.38. The molecule has 118 valence electrons. The maximum absolute atomic E-state index is 14.5. The van der Waals surface area contributed by atoms with Gasteiger partial charge in [-0.1, -0.05) is 35.3 Å². The van der Waals surface area contributed by atoms with Gasteiger partial charge in [0, 0.05) is 16.6 Å². The lowest BCUT2D eigenvalue weighted by Gasteiger charge is -2.24. The fourth-order valence-corrected chi connectivity index (χ4v) is 3.57. The number of para-hydroxylation sites is 2. The van der Waals surface area contributed by atoms with E-state index in [1.807, 2.05) is 22.9 Å². The zero-order valence-corrected chi connectivity index (χ0v) is 13.3. The molecule has 4 rings (SSSR count). The smallest absolute Gasteiger partial charge is 0.273 e. The Kier molecular flexibility index (Phi) is 3.37. The first-order valence-corrected chi connectivity index (χ1v) is 7.73. The number of hydroxylamine groups is 1. The lowest BCUT2D eigenvalue weighted by molar-refractivity contribution is 0.142. The molecule has 2 aromatic carbocycles. The van der Waals surface area contributed by atoms with Gasteiger partial charge in [-0.25, -0.2) is 5.06 Å². The summed E-state index contributed by atoms with van der Waals surface area (Å²) in [7, 11) is 0. The molecular formula is C16H12Cl2FN3O. The van der Waals surface area contributed by atoms with Crippen molar-refractivity contribution < 1.29 is 9.60 Å². The third kappa shape index (κ3) is 2.24. The Morgan fingerprint density at radius 3 is 2.61 bits per heavy atom. The summed E-state index contributed by atoms with van der Waals surface area (Å²) in [6.45, 7) is 0.208. The van der Waals surface area contributed by atoms with Gasteiger partial charge in [0.05, 0.1) is 28.6 Å². The third-order valence-electron chi connectivity index (χ3n) is 3.98. The Bertz CT molecular complexity index is 898. The van der Waals surface area contributed by atoms with Crippen molar-refractivity contribution in [2.45, 2.75) is 13.1 Å². The normalized spacial score (nSPS) is 17.1. The van der Waals surface area contributed by atoms with E-state index in [0.717, 1.165) is 10.9 Å². The van der Waals surface area contributed by atoms with Crippen LogP contribution in [0.2, 0.25) is 10.0 Å². The maximum atomic E-state index is 14.5. The molecule has 0 bridgehead atoms. The van der Waals surface area contributed by atoms with Gasteiger partial charge in [0.25, 0.3) is 6.42 Å². The van der Waals surface area contributed by atoms with Crippen LogP contribution in [0.5, 0.6) is 0 Å². The third-order valence-corrected chi connectivity index (χ3v) is 4.49. The second kappa shape index (κ2) is 5.30. The number of hydrogen-bond donors (Lipinski definition) is 1. The Morgan fingerprint density at radius 1 is 1.09 bits per heavy atom. The minimum absolute atomic E-state index is 0.208. The quantitative estimate of drug-likeness (QED) is 0.668. The summed E-state index contributed by atoms with van der Waals surface area (Å²) in [5.41, 5.74) is 1.83. The highest BCUT2D eigenvalue weighted by Gasteiger charge is 2.35. The summed E-state index contributed by atoms with van der Waals surface area (Å²) in [6, 6.07) is 12.3. The summed E-state index contributed by atoms with van der Waals surface area (Å²) in [6.07, 6.45) is 0.165. The van der Waals surface area contributed by atoms with Gasteiger partial charge >= 0.3 is 0 Å². The van der Waals surface area contributed by atoms with Gasteiger partial charge in [-0.15, -0.1) is 0 Å². The molecule has 1 aliphatic heterocycles. The van der Waals surface area contributed by atoms with Crippen LogP contribution in [0.4, 0.5) is 15.8 Å². The zero-order chi connectivity index (χ0) is 16.1. The lowest BCUT2D eigenvalue weighted by atomic mass is 10.2. The Morgan fingerprint density at radius 2 is 1.83 bits per heavy atom. The van der Waals surface area contributed by atoms with Gasteiger partial charge in [0.2, 0.25) is 0 Å². The zero-order valence-electron chi connectivity index (χ0n) is 11.8. The molecule has 4 nitrogen and oxygen atoms in total. The number of benzene rings is 2. The molecule has 2 heterocycles. The van der Waals surface area contributed by atoms with E-state index in [1.165, 1.54) is 4.90 Å². The van der Waals surface area contributed by atoms with Crippen LogP contribution in [0.1, 0.15) is 0 Å². The van der Waals surface area contributed by atoms with Crippen LogP contribution < -0.4 is 9.96 Å². The highest BCUT2D eigenvalue weighted by atomic mass is 35.5. The highest BCUT2D eigenvalue weighted by Crippen LogP contribution is 2.39. The SMILES string of the molecule is ON1c2ccccc2N(Cn2ccc3cc(Cl)cc(Cl)c32)C1F. The fraction of sp³-hybridized carbons (Fsp3) is 0.125. The van der Waals surface area contributed by atoms with Crippen molar-refractivity contribution in [1.29, 1.82) is 0 Å². The molecule has 1 aromatic heterocycles. The van der Waals surface area contributed by atoms with E-state index in [4.69, 9.17) is 23.2 Å². The van der Waals surface area contributed by atoms with Gasteiger partial charge in [0.1, 0.15) is 0 Å².